The van der Waals surface area contributed by atoms with Gasteiger partial charge < -0.3 is 10.0 Å². The van der Waals surface area contributed by atoms with Crippen LogP contribution in [0.2, 0.25) is 0 Å². The van der Waals surface area contributed by atoms with E-state index in [2.05, 4.69) is 0 Å². The third kappa shape index (κ3) is 4.46. The minimum atomic E-state index is -3.05. The summed E-state index contributed by atoms with van der Waals surface area (Å²) in [5.74, 6) is 0.793. The van der Waals surface area contributed by atoms with Crippen LogP contribution in [0.25, 0.3) is 0 Å². The second-order valence-electron chi connectivity index (χ2n) is 4.93. The lowest BCUT2D eigenvalue weighted by Crippen LogP contribution is -2.42. The largest absolute Gasteiger partial charge is 0.396 e. The molecule has 0 saturated carbocycles. The van der Waals surface area contributed by atoms with Gasteiger partial charge in [0.1, 0.15) is 0 Å². The number of amides is 1. The molecule has 0 aromatic heterocycles. The van der Waals surface area contributed by atoms with Crippen molar-refractivity contribution in [2.75, 3.05) is 34.5 Å². The van der Waals surface area contributed by atoms with Gasteiger partial charge in [0.05, 0.1) is 29.9 Å². The van der Waals surface area contributed by atoms with E-state index in [4.69, 9.17) is 5.11 Å². The van der Waals surface area contributed by atoms with Crippen LogP contribution in [-0.4, -0.2) is 55.1 Å². The first-order valence-corrected chi connectivity index (χ1v) is 9.77. The molecule has 1 fully saturated rings. The number of carbonyl (C=O) groups excluding carboxylic acids is 1. The summed E-state index contributed by atoms with van der Waals surface area (Å²) in [6, 6.07) is 8.87. The van der Waals surface area contributed by atoms with E-state index in [0.29, 0.717) is 12.2 Å². The molecule has 0 unspecified atom stereocenters. The summed E-state index contributed by atoms with van der Waals surface area (Å²) in [6.45, 7) is 0.0289. The summed E-state index contributed by atoms with van der Waals surface area (Å²) in [5.41, 5.74) is 0.731. The first kappa shape index (κ1) is 16.3. The summed E-state index contributed by atoms with van der Waals surface area (Å²) in [6.07, 6.45) is 0.480. The van der Waals surface area contributed by atoms with Gasteiger partial charge in [-0.2, -0.15) is 0 Å². The lowest BCUT2D eigenvalue weighted by Gasteiger charge is -2.28. The Morgan fingerprint density at radius 3 is 2.62 bits per heavy atom. The summed E-state index contributed by atoms with van der Waals surface area (Å²) >= 11 is 1.35. The Labute approximate surface area is 129 Å². The number of aliphatic hydroxyl groups excluding tert-OH is 1. The number of thioether (sulfide) groups is 1. The third-order valence-corrected chi connectivity index (χ3v) is 6.01. The zero-order chi connectivity index (χ0) is 15.3. The number of benzene rings is 1. The molecule has 1 aromatic rings. The quantitative estimate of drug-likeness (QED) is 0.786. The standard InChI is InChI=1S/C14H19NO4S2/c16-7-8-20-10-14(17)15(12-4-2-1-3-5-12)13-6-9-21(18,19)11-13/h1-5,13,16H,6-11H2/t13-/m0/s1. The SMILES string of the molecule is O=C(CSCCO)N(c1ccccc1)[C@H]1CCS(=O)(=O)C1. The van der Waals surface area contributed by atoms with Gasteiger partial charge >= 0.3 is 0 Å². The predicted octanol–water partition coefficient (Wildman–Crippen LogP) is 0.932. The molecule has 116 valence electrons. The van der Waals surface area contributed by atoms with Crippen LogP contribution in [-0.2, 0) is 14.6 Å². The molecular weight excluding hydrogens is 310 g/mol. The number of para-hydroxylation sites is 1. The maximum Gasteiger partial charge on any atom is 0.237 e. The Bertz CT molecular complexity index is 574. The van der Waals surface area contributed by atoms with Crippen LogP contribution in [0.4, 0.5) is 5.69 Å². The average molecular weight is 329 g/mol. The number of nitrogens with zero attached hydrogens (tertiary/aromatic N) is 1. The Hall–Kier alpha value is -1.05. The van der Waals surface area contributed by atoms with Crippen LogP contribution in [0, 0.1) is 0 Å². The van der Waals surface area contributed by atoms with Gasteiger partial charge in [0.25, 0.3) is 0 Å². The molecule has 5 nitrogen and oxygen atoms in total. The molecule has 21 heavy (non-hydrogen) atoms. The Morgan fingerprint density at radius 1 is 1.33 bits per heavy atom. The van der Waals surface area contributed by atoms with E-state index >= 15 is 0 Å². The van der Waals surface area contributed by atoms with Gasteiger partial charge in [0, 0.05) is 11.4 Å². The van der Waals surface area contributed by atoms with Crippen molar-refractivity contribution in [2.45, 2.75) is 12.5 Å². The van der Waals surface area contributed by atoms with Gasteiger partial charge in [0.15, 0.2) is 9.84 Å². The van der Waals surface area contributed by atoms with Crippen LogP contribution in [0.3, 0.4) is 0 Å². The van der Waals surface area contributed by atoms with Crippen molar-refractivity contribution in [1.82, 2.24) is 0 Å². The van der Waals surface area contributed by atoms with E-state index in [1.165, 1.54) is 11.8 Å². The monoisotopic (exact) mass is 329 g/mol. The molecule has 1 atom stereocenters. The lowest BCUT2D eigenvalue weighted by atomic mass is 10.2. The second kappa shape index (κ2) is 7.29. The topological polar surface area (TPSA) is 74.7 Å². The minimum Gasteiger partial charge on any atom is -0.396 e. The highest BCUT2D eigenvalue weighted by Crippen LogP contribution is 2.25. The zero-order valence-corrected chi connectivity index (χ0v) is 13.3. The normalized spacial score (nSPS) is 20.3. The van der Waals surface area contributed by atoms with E-state index < -0.39 is 9.84 Å². The van der Waals surface area contributed by atoms with Crippen molar-refractivity contribution in [3.05, 3.63) is 30.3 Å². The molecule has 1 aromatic carbocycles. The van der Waals surface area contributed by atoms with Crippen molar-refractivity contribution in [3.8, 4) is 0 Å². The van der Waals surface area contributed by atoms with Crippen LogP contribution in [0.15, 0.2) is 30.3 Å². The predicted molar refractivity (Wildman–Crippen MR) is 85.4 cm³/mol. The number of aliphatic hydroxyl groups is 1. The molecule has 1 saturated heterocycles. The minimum absolute atomic E-state index is 0.0261. The molecule has 1 aliphatic heterocycles. The van der Waals surface area contributed by atoms with E-state index in [1.54, 1.807) is 4.90 Å². The van der Waals surface area contributed by atoms with Gasteiger partial charge in [-0.25, -0.2) is 8.42 Å². The zero-order valence-electron chi connectivity index (χ0n) is 11.6. The molecule has 1 heterocycles. The van der Waals surface area contributed by atoms with Crippen molar-refractivity contribution in [3.63, 3.8) is 0 Å². The number of carbonyl (C=O) groups is 1. The van der Waals surface area contributed by atoms with Crippen molar-refractivity contribution in [2.24, 2.45) is 0 Å². The molecule has 7 heteroatoms. The smallest absolute Gasteiger partial charge is 0.237 e. The molecule has 1 N–H and O–H groups in total. The van der Waals surface area contributed by atoms with Gasteiger partial charge in [0.2, 0.25) is 5.91 Å². The summed E-state index contributed by atoms with van der Waals surface area (Å²) in [5, 5.41) is 8.79. The molecule has 0 spiro atoms. The van der Waals surface area contributed by atoms with Crippen molar-refractivity contribution < 1.29 is 18.3 Å². The summed E-state index contributed by atoms with van der Waals surface area (Å²) < 4.78 is 23.4. The highest BCUT2D eigenvalue weighted by Gasteiger charge is 2.35. The molecule has 1 aliphatic rings. The van der Waals surface area contributed by atoms with Crippen molar-refractivity contribution in [1.29, 1.82) is 0 Å². The van der Waals surface area contributed by atoms with Crippen LogP contribution in [0.5, 0.6) is 0 Å². The van der Waals surface area contributed by atoms with Crippen LogP contribution < -0.4 is 4.90 Å². The summed E-state index contributed by atoms with van der Waals surface area (Å²) in [4.78, 5) is 14.1. The second-order valence-corrected chi connectivity index (χ2v) is 8.27. The highest BCUT2D eigenvalue weighted by molar-refractivity contribution is 7.99. The molecule has 0 radical (unpaired) electrons. The first-order valence-electron chi connectivity index (χ1n) is 6.79. The fraction of sp³-hybridized carbons (Fsp3) is 0.500. The van der Waals surface area contributed by atoms with E-state index in [9.17, 15) is 13.2 Å². The fourth-order valence-electron chi connectivity index (χ4n) is 2.42. The first-order chi connectivity index (χ1) is 10.0. The average Bonchev–Trinajstić information content (AvgIpc) is 2.80. The van der Waals surface area contributed by atoms with E-state index in [1.807, 2.05) is 30.3 Å². The van der Waals surface area contributed by atoms with Crippen LogP contribution in [0.1, 0.15) is 6.42 Å². The fourth-order valence-corrected chi connectivity index (χ4v) is 4.71. The van der Waals surface area contributed by atoms with Gasteiger partial charge in [-0.05, 0) is 18.6 Å². The van der Waals surface area contributed by atoms with Gasteiger partial charge in [-0.15, -0.1) is 11.8 Å². The molecule has 0 aliphatic carbocycles. The number of rotatable bonds is 6. The number of hydrogen-bond donors (Lipinski definition) is 1. The van der Waals surface area contributed by atoms with Gasteiger partial charge in [-0.3, -0.25) is 4.79 Å². The van der Waals surface area contributed by atoms with E-state index in [0.717, 1.165) is 5.69 Å². The highest BCUT2D eigenvalue weighted by atomic mass is 32.2. The van der Waals surface area contributed by atoms with Gasteiger partial charge in [-0.1, -0.05) is 18.2 Å². The van der Waals surface area contributed by atoms with E-state index in [-0.39, 0.29) is 35.8 Å². The molecule has 0 bridgehead atoms. The maximum atomic E-state index is 12.4. The maximum absolute atomic E-state index is 12.4. The number of hydrogen-bond acceptors (Lipinski definition) is 5. The Morgan fingerprint density at radius 2 is 2.05 bits per heavy atom. The number of anilines is 1. The van der Waals surface area contributed by atoms with Crippen molar-refractivity contribution >= 4 is 33.2 Å². The Balaban J connectivity index is 2.17. The molecule has 2 rings (SSSR count). The van der Waals surface area contributed by atoms with Crippen LogP contribution >= 0.6 is 11.8 Å². The third-order valence-electron chi connectivity index (χ3n) is 3.34. The summed E-state index contributed by atoms with van der Waals surface area (Å²) in [7, 11) is -3.05. The number of sulfone groups is 1. The lowest BCUT2D eigenvalue weighted by molar-refractivity contribution is -0.116. The Kier molecular flexibility index (Phi) is 5.66. The molecular formula is C14H19NO4S2. The molecule has 1 amide bonds.